The van der Waals surface area contributed by atoms with Gasteiger partial charge in [0.15, 0.2) is 5.76 Å². The van der Waals surface area contributed by atoms with Gasteiger partial charge >= 0.3 is 12.1 Å². The quantitative estimate of drug-likeness (QED) is 0.252. The highest BCUT2D eigenvalue weighted by Crippen LogP contribution is 2.49. The van der Waals surface area contributed by atoms with Crippen molar-refractivity contribution in [1.82, 2.24) is 5.16 Å². The molecule has 1 aliphatic carbocycles. The maximum Gasteiger partial charge on any atom is 0.412 e. The lowest BCUT2D eigenvalue weighted by Crippen LogP contribution is -2.23. The largest absolute Gasteiger partial charge is 0.465 e. The molecule has 4 aromatic rings. The Kier molecular flexibility index (Phi) is 7.01. The Morgan fingerprint density at radius 3 is 2.16 bits per heavy atom. The molecule has 0 radical (unpaired) electrons. The minimum atomic E-state index is -0.582. The number of aryl methyl sites for hydroxylation is 1. The molecule has 0 saturated heterocycles. The summed E-state index contributed by atoms with van der Waals surface area (Å²) in [6, 6.07) is 25.4. The molecule has 1 aliphatic rings. The predicted octanol–water partition coefficient (Wildman–Crippen LogP) is 7.22. The van der Waals surface area contributed by atoms with E-state index in [1.165, 1.54) is 0 Å². The second-order valence-corrected chi connectivity index (χ2v) is 9.51. The first-order valence-corrected chi connectivity index (χ1v) is 12.8. The van der Waals surface area contributed by atoms with Crippen LogP contribution in [0, 0.1) is 6.92 Å². The van der Waals surface area contributed by atoms with Gasteiger partial charge in [0.2, 0.25) is 0 Å². The van der Waals surface area contributed by atoms with Gasteiger partial charge in [-0.25, -0.2) is 4.79 Å². The van der Waals surface area contributed by atoms with Crippen LogP contribution in [0.25, 0.3) is 22.5 Å². The molecule has 0 bridgehead atoms. The van der Waals surface area contributed by atoms with Crippen molar-refractivity contribution in [2.24, 2.45) is 0 Å². The second kappa shape index (κ2) is 10.5. The number of rotatable bonds is 8. The van der Waals surface area contributed by atoms with E-state index < -0.39 is 17.6 Å². The van der Waals surface area contributed by atoms with Crippen molar-refractivity contribution in [2.75, 3.05) is 11.9 Å². The average Bonchev–Trinajstić information content (AvgIpc) is 3.68. The Morgan fingerprint density at radius 1 is 0.947 bits per heavy atom. The predicted molar refractivity (Wildman–Crippen MR) is 145 cm³/mol. The van der Waals surface area contributed by atoms with Crippen molar-refractivity contribution in [1.29, 1.82) is 0 Å². The van der Waals surface area contributed by atoms with Crippen LogP contribution in [0.1, 0.15) is 49.6 Å². The number of hydrogen-bond acceptors (Lipinski definition) is 6. The number of anilines is 1. The lowest BCUT2D eigenvalue weighted by atomic mass is 9.93. The fraction of sp³-hybridized carbons (Fsp3) is 0.258. The van der Waals surface area contributed by atoms with Crippen LogP contribution >= 0.6 is 0 Å². The molecule has 1 fully saturated rings. The molecule has 0 aliphatic heterocycles. The molecule has 194 valence electrons. The SMILES string of the molecule is CCOC(=O)C1(c2ccc(-c3ccc(-c4onc(C)c4NC(=O)O[C@H](C)c4ccccc4)cc3)cc2)CC1. The van der Waals surface area contributed by atoms with Crippen LogP contribution in [0.5, 0.6) is 0 Å². The number of carbonyl (C=O) groups excluding carboxylic acids is 2. The van der Waals surface area contributed by atoms with E-state index in [1.807, 2.05) is 92.7 Å². The summed E-state index contributed by atoms with van der Waals surface area (Å²) in [6.45, 7) is 5.81. The van der Waals surface area contributed by atoms with Crippen molar-refractivity contribution >= 4 is 17.7 Å². The number of amides is 1. The summed E-state index contributed by atoms with van der Waals surface area (Å²) >= 11 is 0. The molecule has 7 nitrogen and oxygen atoms in total. The van der Waals surface area contributed by atoms with E-state index in [-0.39, 0.29) is 5.97 Å². The number of carbonyl (C=O) groups is 2. The zero-order valence-corrected chi connectivity index (χ0v) is 21.7. The number of ether oxygens (including phenoxy) is 2. The molecule has 5 rings (SSSR count). The molecule has 3 aromatic carbocycles. The standard InChI is InChI=1S/C31H30N2O5/c1-4-36-29(34)31(18-19-31)26-16-14-24(15-17-26)23-10-12-25(13-11-23)28-27(20(2)33-38-28)32-30(35)37-21(3)22-8-6-5-7-9-22/h5-17,21H,4,18-19H2,1-3H3,(H,32,35)/t21-/m1/s1. The first-order valence-electron chi connectivity index (χ1n) is 12.8. The third-order valence-electron chi connectivity index (χ3n) is 6.98. The smallest absolute Gasteiger partial charge is 0.412 e. The zero-order valence-electron chi connectivity index (χ0n) is 21.7. The Hall–Kier alpha value is -4.39. The van der Waals surface area contributed by atoms with Crippen LogP contribution in [0.2, 0.25) is 0 Å². The Balaban J connectivity index is 1.29. The maximum atomic E-state index is 12.6. The summed E-state index contributed by atoms with van der Waals surface area (Å²) in [7, 11) is 0. The normalized spacial score (nSPS) is 14.4. The molecular weight excluding hydrogens is 480 g/mol. The maximum absolute atomic E-state index is 12.6. The molecular formula is C31H30N2O5. The molecule has 1 N–H and O–H groups in total. The van der Waals surface area contributed by atoms with Crippen molar-refractivity contribution < 1.29 is 23.6 Å². The van der Waals surface area contributed by atoms with Gasteiger partial charge in [-0.3, -0.25) is 10.1 Å². The molecule has 1 atom stereocenters. The van der Waals surface area contributed by atoms with Crippen LogP contribution in [0.4, 0.5) is 10.5 Å². The number of aromatic nitrogens is 1. The van der Waals surface area contributed by atoms with Gasteiger partial charge in [0.25, 0.3) is 0 Å². The highest BCUT2D eigenvalue weighted by Gasteiger charge is 2.52. The summed E-state index contributed by atoms with van der Waals surface area (Å²) in [5.74, 6) is 0.320. The summed E-state index contributed by atoms with van der Waals surface area (Å²) in [5.41, 5.74) is 5.27. The molecule has 0 unspecified atom stereocenters. The number of benzene rings is 3. The molecule has 1 amide bonds. The Labute approximate surface area is 221 Å². The van der Waals surface area contributed by atoms with Crippen molar-refractivity contribution in [2.45, 2.75) is 45.1 Å². The van der Waals surface area contributed by atoms with Crippen molar-refractivity contribution in [3.63, 3.8) is 0 Å². The van der Waals surface area contributed by atoms with Gasteiger partial charge in [0, 0.05) is 5.56 Å². The van der Waals surface area contributed by atoms with Crippen LogP contribution in [0.3, 0.4) is 0 Å². The number of esters is 1. The summed E-state index contributed by atoms with van der Waals surface area (Å²) in [6.07, 6.45) is 0.663. The van der Waals surface area contributed by atoms with Crippen LogP contribution < -0.4 is 5.32 Å². The van der Waals surface area contributed by atoms with Gasteiger partial charge in [0.1, 0.15) is 17.5 Å². The minimum absolute atomic E-state index is 0.137. The lowest BCUT2D eigenvalue weighted by Gasteiger charge is -2.15. The van der Waals surface area contributed by atoms with E-state index in [9.17, 15) is 9.59 Å². The van der Waals surface area contributed by atoms with Crippen molar-refractivity contribution in [3.05, 3.63) is 95.7 Å². The van der Waals surface area contributed by atoms with Crippen molar-refractivity contribution in [3.8, 4) is 22.5 Å². The van der Waals surface area contributed by atoms with Gasteiger partial charge in [-0.2, -0.15) is 0 Å². The zero-order chi connectivity index (χ0) is 26.7. The first kappa shape index (κ1) is 25.3. The summed E-state index contributed by atoms with van der Waals surface area (Å²) in [4.78, 5) is 25.0. The summed E-state index contributed by atoms with van der Waals surface area (Å²) < 4.78 is 16.4. The van der Waals surface area contributed by atoms with Gasteiger partial charge in [-0.1, -0.05) is 84.0 Å². The number of nitrogens with one attached hydrogen (secondary N) is 1. The Bertz CT molecular complexity index is 1420. The third-order valence-corrected chi connectivity index (χ3v) is 6.98. The van der Waals surface area contributed by atoms with Gasteiger partial charge in [0.05, 0.1) is 12.0 Å². The fourth-order valence-electron chi connectivity index (χ4n) is 4.60. The highest BCUT2D eigenvalue weighted by atomic mass is 16.6. The van der Waals surface area contributed by atoms with E-state index in [2.05, 4.69) is 10.5 Å². The molecule has 38 heavy (non-hydrogen) atoms. The topological polar surface area (TPSA) is 90.7 Å². The summed E-state index contributed by atoms with van der Waals surface area (Å²) in [5, 5.41) is 6.84. The van der Waals surface area contributed by atoms with E-state index in [4.69, 9.17) is 14.0 Å². The van der Waals surface area contributed by atoms with Crippen LogP contribution in [-0.2, 0) is 19.7 Å². The van der Waals surface area contributed by atoms with Gasteiger partial charge < -0.3 is 14.0 Å². The average molecular weight is 511 g/mol. The molecule has 1 aromatic heterocycles. The number of hydrogen-bond donors (Lipinski definition) is 1. The third kappa shape index (κ3) is 5.05. The van der Waals surface area contributed by atoms with Gasteiger partial charge in [-0.15, -0.1) is 0 Å². The Morgan fingerprint density at radius 2 is 1.55 bits per heavy atom. The molecule has 1 saturated carbocycles. The first-order chi connectivity index (χ1) is 18.4. The second-order valence-electron chi connectivity index (χ2n) is 9.51. The van der Waals surface area contributed by atoms with E-state index in [1.54, 1.807) is 6.92 Å². The van der Waals surface area contributed by atoms with Crippen LogP contribution in [0.15, 0.2) is 83.4 Å². The monoisotopic (exact) mass is 510 g/mol. The number of nitrogens with zero attached hydrogens (tertiary/aromatic N) is 1. The van der Waals surface area contributed by atoms with E-state index in [0.29, 0.717) is 23.7 Å². The minimum Gasteiger partial charge on any atom is -0.465 e. The van der Waals surface area contributed by atoms with E-state index >= 15 is 0 Å². The lowest BCUT2D eigenvalue weighted by molar-refractivity contribution is -0.146. The highest BCUT2D eigenvalue weighted by molar-refractivity contribution is 5.91. The van der Waals surface area contributed by atoms with Crippen LogP contribution in [-0.4, -0.2) is 23.8 Å². The molecule has 0 spiro atoms. The van der Waals surface area contributed by atoms with Gasteiger partial charge in [-0.05, 0) is 55.9 Å². The molecule has 7 heteroatoms. The molecule has 1 heterocycles. The van der Waals surface area contributed by atoms with E-state index in [0.717, 1.165) is 40.7 Å². The fourth-order valence-corrected chi connectivity index (χ4v) is 4.60.